The summed E-state index contributed by atoms with van der Waals surface area (Å²) in [6.07, 6.45) is 2.45. The molecule has 1 atom stereocenters. The van der Waals surface area contributed by atoms with Gasteiger partial charge < -0.3 is 9.84 Å². The van der Waals surface area contributed by atoms with Gasteiger partial charge in [-0.1, -0.05) is 5.16 Å². The van der Waals surface area contributed by atoms with Crippen LogP contribution in [0.3, 0.4) is 0 Å². The smallest absolute Gasteiger partial charge is 0.240 e. The van der Waals surface area contributed by atoms with Crippen molar-refractivity contribution in [3.05, 3.63) is 11.7 Å². The maximum Gasteiger partial charge on any atom is 0.240 e. The molecule has 0 radical (unpaired) electrons. The van der Waals surface area contributed by atoms with E-state index in [4.69, 9.17) is 4.52 Å². The van der Waals surface area contributed by atoms with Gasteiger partial charge in [-0.15, -0.1) is 12.4 Å². The third-order valence-electron chi connectivity index (χ3n) is 3.40. The summed E-state index contributed by atoms with van der Waals surface area (Å²) in [5, 5.41) is 7.42. The Hall–Kier alpha value is -0.650. The summed E-state index contributed by atoms with van der Waals surface area (Å²) in [7, 11) is 0. The summed E-state index contributed by atoms with van der Waals surface area (Å²) in [6.45, 7) is 6.17. The van der Waals surface area contributed by atoms with E-state index >= 15 is 0 Å². The molecular formula is C11H19ClN4O. The third kappa shape index (κ3) is 2.97. The van der Waals surface area contributed by atoms with Gasteiger partial charge in [0.1, 0.15) is 0 Å². The van der Waals surface area contributed by atoms with E-state index in [1.165, 1.54) is 12.8 Å². The van der Waals surface area contributed by atoms with Crippen molar-refractivity contribution < 1.29 is 4.52 Å². The molecule has 17 heavy (non-hydrogen) atoms. The van der Waals surface area contributed by atoms with Gasteiger partial charge in [-0.2, -0.15) is 4.98 Å². The van der Waals surface area contributed by atoms with Gasteiger partial charge in [0.05, 0.1) is 6.54 Å². The van der Waals surface area contributed by atoms with Gasteiger partial charge in [0.15, 0.2) is 5.82 Å². The third-order valence-corrected chi connectivity index (χ3v) is 3.40. The van der Waals surface area contributed by atoms with Crippen LogP contribution in [0.1, 0.15) is 37.4 Å². The van der Waals surface area contributed by atoms with Crippen molar-refractivity contribution in [2.45, 2.75) is 38.3 Å². The van der Waals surface area contributed by atoms with Crippen LogP contribution in [-0.2, 0) is 6.54 Å². The van der Waals surface area contributed by atoms with Crippen molar-refractivity contribution >= 4 is 12.4 Å². The van der Waals surface area contributed by atoms with Gasteiger partial charge in [0.25, 0.3) is 0 Å². The first kappa shape index (κ1) is 12.8. The number of hydrogen-bond donors (Lipinski definition) is 1. The van der Waals surface area contributed by atoms with Crippen LogP contribution in [0.4, 0.5) is 0 Å². The Morgan fingerprint density at radius 1 is 1.47 bits per heavy atom. The summed E-state index contributed by atoms with van der Waals surface area (Å²) in [5.74, 6) is 2.27. The van der Waals surface area contributed by atoms with Gasteiger partial charge >= 0.3 is 0 Å². The Morgan fingerprint density at radius 2 is 2.29 bits per heavy atom. The van der Waals surface area contributed by atoms with Crippen LogP contribution in [0.5, 0.6) is 0 Å². The second-order valence-electron chi connectivity index (χ2n) is 4.84. The van der Waals surface area contributed by atoms with E-state index in [0.29, 0.717) is 12.0 Å². The monoisotopic (exact) mass is 258 g/mol. The summed E-state index contributed by atoms with van der Waals surface area (Å²) < 4.78 is 5.29. The number of hydrogen-bond acceptors (Lipinski definition) is 5. The second-order valence-corrected chi connectivity index (χ2v) is 4.84. The summed E-state index contributed by atoms with van der Waals surface area (Å²) in [6, 6.07) is 0.546. The lowest BCUT2D eigenvalue weighted by Crippen LogP contribution is -2.49. The average molecular weight is 259 g/mol. The van der Waals surface area contributed by atoms with Crippen molar-refractivity contribution in [1.82, 2.24) is 20.4 Å². The predicted octanol–water partition coefficient (Wildman–Crippen LogP) is 1.16. The van der Waals surface area contributed by atoms with Gasteiger partial charge in [0.2, 0.25) is 5.89 Å². The van der Waals surface area contributed by atoms with Crippen LogP contribution >= 0.6 is 12.4 Å². The lowest BCUT2D eigenvalue weighted by atomic mass is 10.2. The van der Waals surface area contributed by atoms with Gasteiger partial charge in [-0.3, -0.25) is 4.90 Å². The molecule has 0 amide bonds. The lowest BCUT2D eigenvalue weighted by Gasteiger charge is -2.32. The van der Waals surface area contributed by atoms with Gasteiger partial charge in [-0.05, 0) is 19.8 Å². The Labute approximate surface area is 107 Å². The van der Waals surface area contributed by atoms with Gasteiger partial charge in [0, 0.05) is 31.6 Å². The second kappa shape index (κ2) is 5.33. The first-order valence-electron chi connectivity index (χ1n) is 6.10. The molecule has 5 nitrogen and oxygen atoms in total. The van der Waals surface area contributed by atoms with E-state index in [2.05, 4.69) is 27.3 Å². The van der Waals surface area contributed by atoms with Crippen molar-refractivity contribution in [3.8, 4) is 0 Å². The van der Waals surface area contributed by atoms with Crippen LogP contribution in [0, 0.1) is 0 Å². The number of rotatable bonds is 3. The number of aromatic nitrogens is 2. The molecule has 0 spiro atoms. The van der Waals surface area contributed by atoms with Crippen molar-refractivity contribution in [2.75, 3.05) is 19.6 Å². The Morgan fingerprint density at radius 3 is 3.00 bits per heavy atom. The minimum Gasteiger partial charge on any atom is -0.338 e. The van der Waals surface area contributed by atoms with E-state index in [1.54, 1.807) is 0 Å². The molecule has 1 aliphatic carbocycles. The molecule has 2 aliphatic rings. The molecule has 1 aliphatic heterocycles. The van der Waals surface area contributed by atoms with Crippen molar-refractivity contribution in [3.63, 3.8) is 0 Å². The number of halogens is 1. The highest BCUT2D eigenvalue weighted by atomic mass is 35.5. The molecule has 1 N–H and O–H groups in total. The number of nitrogens with one attached hydrogen (secondary N) is 1. The molecule has 0 aromatic carbocycles. The van der Waals surface area contributed by atoms with Crippen molar-refractivity contribution in [2.24, 2.45) is 0 Å². The molecule has 0 bridgehead atoms. The largest absolute Gasteiger partial charge is 0.338 e. The van der Waals surface area contributed by atoms with Crippen LogP contribution in [-0.4, -0.2) is 40.7 Å². The highest BCUT2D eigenvalue weighted by Crippen LogP contribution is 2.38. The summed E-state index contributed by atoms with van der Waals surface area (Å²) >= 11 is 0. The minimum absolute atomic E-state index is 0. The Balaban J connectivity index is 0.00000108. The molecule has 6 heteroatoms. The zero-order valence-electron chi connectivity index (χ0n) is 10.1. The quantitative estimate of drug-likeness (QED) is 0.882. The summed E-state index contributed by atoms with van der Waals surface area (Å²) in [5.41, 5.74) is 0. The number of nitrogens with zero attached hydrogens (tertiary/aromatic N) is 3. The fraction of sp³-hybridized carbons (Fsp3) is 0.818. The Kier molecular flexibility index (Phi) is 4.01. The molecule has 1 aromatic heterocycles. The van der Waals surface area contributed by atoms with E-state index in [1.807, 2.05) is 0 Å². The maximum atomic E-state index is 5.29. The SMILES string of the molecule is C[C@@H]1CNCCN1Cc1nc(C2CC2)no1.Cl. The van der Waals surface area contributed by atoms with Gasteiger partial charge in [-0.25, -0.2) is 0 Å². The molecule has 2 heterocycles. The number of piperazine rings is 1. The molecule has 1 aromatic rings. The standard InChI is InChI=1S/C11H18N4O.ClH/c1-8-6-12-4-5-15(8)7-10-13-11(14-16-10)9-2-3-9;/h8-9,12H,2-7H2,1H3;1H/t8-;/m1./s1. The predicted molar refractivity (Wildman–Crippen MR) is 66.3 cm³/mol. The van der Waals surface area contributed by atoms with E-state index in [-0.39, 0.29) is 12.4 Å². The van der Waals surface area contributed by atoms with Crippen LogP contribution in [0.15, 0.2) is 4.52 Å². The molecule has 96 valence electrons. The summed E-state index contributed by atoms with van der Waals surface area (Å²) in [4.78, 5) is 6.85. The van der Waals surface area contributed by atoms with E-state index in [0.717, 1.165) is 37.9 Å². The highest BCUT2D eigenvalue weighted by molar-refractivity contribution is 5.85. The normalized spacial score (nSPS) is 25.6. The molecule has 3 rings (SSSR count). The van der Waals surface area contributed by atoms with Crippen LogP contribution < -0.4 is 5.32 Å². The highest BCUT2D eigenvalue weighted by Gasteiger charge is 2.29. The molecular weight excluding hydrogens is 240 g/mol. The van der Waals surface area contributed by atoms with Crippen molar-refractivity contribution in [1.29, 1.82) is 0 Å². The average Bonchev–Trinajstić information content (AvgIpc) is 3.03. The zero-order valence-corrected chi connectivity index (χ0v) is 10.9. The van der Waals surface area contributed by atoms with Crippen LogP contribution in [0.2, 0.25) is 0 Å². The maximum absolute atomic E-state index is 5.29. The zero-order chi connectivity index (χ0) is 11.0. The topological polar surface area (TPSA) is 54.2 Å². The van der Waals surface area contributed by atoms with Crippen LogP contribution in [0.25, 0.3) is 0 Å². The Bertz CT molecular complexity index is 366. The molecule has 0 unspecified atom stereocenters. The van der Waals surface area contributed by atoms with E-state index < -0.39 is 0 Å². The minimum atomic E-state index is 0. The fourth-order valence-electron chi connectivity index (χ4n) is 2.13. The first-order valence-corrected chi connectivity index (χ1v) is 6.10. The fourth-order valence-corrected chi connectivity index (χ4v) is 2.13. The molecule has 1 saturated carbocycles. The lowest BCUT2D eigenvalue weighted by molar-refractivity contribution is 0.146. The van der Waals surface area contributed by atoms with E-state index in [9.17, 15) is 0 Å². The first-order chi connectivity index (χ1) is 7.83. The molecule has 2 fully saturated rings. The molecule has 1 saturated heterocycles.